The van der Waals surface area contributed by atoms with E-state index in [4.69, 9.17) is 9.84 Å². The van der Waals surface area contributed by atoms with Gasteiger partial charge in [0.2, 0.25) is 0 Å². The largest absolute Gasteiger partial charge is 0.481 e. The molecule has 28 heavy (non-hydrogen) atoms. The number of aliphatic carboxylic acids is 1. The van der Waals surface area contributed by atoms with Crippen LogP contribution < -0.4 is 0 Å². The van der Waals surface area contributed by atoms with Crippen LogP contribution in [0.3, 0.4) is 0 Å². The lowest BCUT2D eigenvalue weighted by molar-refractivity contribution is -0.150. The van der Waals surface area contributed by atoms with Gasteiger partial charge >= 0.3 is 11.9 Å². The average molecular weight is 399 g/mol. The second-order valence-corrected chi connectivity index (χ2v) is 8.18. The Bertz CT molecular complexity index is 368. The molecule has 0 saturated heterocycles. The van der Waals surface area contributed by atoms with E-state index in [1.165, 1.54) is 51.4 Å². The minimum absolute atomic E-state index is 0.0162. The van der Waals surface area contributed by atoms with Gasteiger partial charge in [-0.15, -0.1) is 0 Å². The number of carboxylic acid groups (broad SMARTS) is 1. The van der Waals surface area contributed by atoms with Crippen molar-refractivity contribution < 1.29 is 19.4 Å². The van der Waals surface area contributed by atoms with Crippen LogP contribution in [0.1, 0.15) is 136 Å². The number of carbonyl (C=O) groups is 2. The number of esters is 1. The highest BCUT2D eigenvalue weighted by molar-refractivity contribution is 5.69. The fraction of sp³-hybridized carbons (Fsp3) is 0.917. The van der Waals surface area contributed by atoms with Crippen molar-refractivity contribution in [2.45, 2.75) is 142 Å². The molecule has 166 valence electrons. The number of hydrogen-bond acceptors (Lipinski definition) is 3. The highest BCUT2D eigenvalue weighted by Crippen LogP contribution is 2.17. The van der Waals surface area contributed by atoms with Gasteiger partial charge in [0.25, 0.3) is 0 Å². The normalized spacial score (nSPS) is 12.1. The van der Waals surface area contributed by atoms with Gasteiger partial charge in [0.1, 0.15) is 6.10 Å². The number of rotatable bonds is 21. The summed E-state index contributed by atoms with van der Waals surface area (Å²) in [6.45, 7) is 4.42. The SMILES string of the molecule is CCCCCCCCCCCC(=O)OC(CCCCC)CCCCCC(=O)O. The molecule has 0 aliphatic rings. The zero-order valence-corrected chi connectivity index (χ0v) is 18.7. The Morgan fingerprint density at radius 1 is 0.643 bits per heavy atom. The van der Waals surface area contributed by atoms with Crippen LogP contribution in [-0.2, 0) is 14.3 Å². The first-order valence-corrected chi connectivity index (χ1v) is 12.0. The monoisotopic (exact) mass is 398 g/mol. The van der Waals surface area contributed by atoms with Crippen molar-refractivity contribution in [2.24, 2.45) is 0 Å². The average Bonchev–Trinajstić information content (AvgIpc) is 2.66. The van der Waals surface area contributed by atoms with Crippen LogP contribution in [0, 0.1) is 0 Å². The Morgan fingerprint density at radius 2 is 1.07 bits per heavy atom. The van der Waals surface area contributed by atoms with Crippen molar-refractivity contribution in [1.82, 2.24) is 0 Å². The molecule has 0 heterocycles. The molecule has 1 unspecified atom stereocenters. The van der Waals surface area contributed by atoms with Gasteiger partial charge in [-0.05, 0) is 38.5 Å². The fourth-order valence-corrected chi connectivity index (χ4v) is 3.53. The first kappa shape index (κ1) is 26.9. The predicted octanol–water partition coefficient (Wildman–Crippen LogP) is 7.43. The van der Waals surface area contributed by atoms with Gasteiger partial charge < -0.3 is 9.84 Å². The zero-order valence-electron chi connectivity index (χ0n) is 18.7. The van der Waals surface area contributed by atoms with E-state index in [1.54, 1.807) is 0 Å². The van der Waals surface area contributed by atoms with Gasteiger partial charge in [0.15, 0.2) is 0 Å². The molecule has 1 N–H and O–H groups in total. The van der Waals surface area contributed by atoms with Crippen molar-refractivity contribution in [3.63, 3.8) is 0 Å². The fourth-order valence-electron chi connectivity index (χ4n) is 3.53. The molecule has 0 rings (SSSR count). The van der Waals surface area contributed by atoms with Crippen LogP contribution in [0.5, 0.6) is 0 Å². The molecule has 0 spiro atoms. The predicted molar refractivity (Wildman–Crippen MR) is 117 cm³/mol. The van der Waals surface area contributed by atoms with Crippen LogP contribution in [0.2, 0.25) is 0 Å². The maximum absolute atomic E-state index is 12.2. The number of unbranched alkanes of at least 4 members (excludes halogenated alkanes) is 12. The van der Waals surface area contributed by atoms with E-state index in [2.05, 4.69) is 13.8 Å². The summed E-state index contributed by atoms with van der Waals surface area (Å²) in [6, 6.07) is 0. The molecule has 0 bridgehead atoms. The summed E-state index contributed by atoms with van der Waals surface area (Å²) in [4.78, 5) is 22.7. The molecule has 4 heteroatoms. The third kappa shape index (κ3) is 19.7. The van der Waals surface area contributed by atoms with E-state index in [0.29, 0.717) is 12.8 Å². The van der Waals surface area contributed by atoms with Gasteiger partial charge in [-0.25, -0.2) is 0 Å². The van der Waals surface area contributed by atoms with Crippen LogP contribution in [0.25, 0.3) is 0 Å². The minimum atomic E-state index is -0.730. The number of carboxylic acids is 1. The summed E-state index contributed by atoms with van der Waals surface area (Å²) in [5.74, 6) is -0.776. The Morgan fingerprint density at radius 3 is 1.64 bits per heavy atom. The summed E-state index contributed by atoms with van der Waals surface area (Å²) in [7, 11) is 0. The van der Waals surface area contributed by atoms with E-state index in [0.717, 1.165) is 51.4 Å². The second-order valence-electron chi connectivity index (χ2n) is 8.18. The van der Waals surface area contributed by atoms with E-state index in [1.807, 2.05) is 0 Å². The van der Waals surface area contributed by atoms with Gasteiger partial charge in [-0.3, -0.25) is 9.59 Å². The summed E-state index contributed by atoms with van der Waals surface area (Å²) in [5.41, 5.74) is 0. The van der Waals surface area contributed by atoms with Crippen molar-refractivity contribution in [2.75, 3.05) is 0 Å². The molecule has 0 amide bonds. The molecular formula is C24H46O4. The smallest absolute Gasteiger partial charge is 0.306 e. The molecule has 0 fully saturated rings. The van der Waals surface area contributed by atoms with E-state index in [-0.39, 0.29) is 18.5 Å². The molecule has 4 nitrogen and oxygen atoms in total. The third-order valence-electron chi connectivity index (χ3n) is 5.33. The Kier molecular flexibility index (Phi) is 19.9. The van der Waals surface area contributed by atoms with Crippen molar-refractivity contribution in [3.8, 4) is 0 Å². The van der Waals surface area contributed by atoms with E-state index < -0.39 is 5.97 Å². The first-order valence-electron chi connectivity index (χ1n) is 12.0. The van der Waals surface area contributed by atoms with E-state index in [9.17, 15) is 9.59 Å². The maximum atomic E-state index is 12.2. The quantitative estimate of drug-likeness (QED) is 0.161. The second kappa shape index (κ2) is 20.7. The standard InChI is InChI=1S/C24H46O4/c1-3-5-7-8-9-10-11-12-17-21-24(27)28-22(18-14-6-4-2)19-15-13-16-20-23(25)26/h22H,3-21H2,1-2H3,(H,25,26). The Balaban J connectivity index is 3.84. The van der Waals surface area contributed by atoms with Crippen LogP contribution >= 0.6 is 0 Å². The van der Waals surface area contributed by atoms with Crippen LogP contribution in [0.15, 0.2) is 0 Å². The van der Waals surface area contributed by atoms with Crippen molar-refractivity contribution >= 4 is 11.9 Å². The minimum Gasteiger partial charge on any atom is -0.481 e. The lowest BCUT2D eigenvalue weighted by Gasteiger charge is -2.18. The Hall–Kier alpha value is -1.06. The topological polar surface area (TPSA) is 63.6 Å². The number of carbonyl (C=O) groups excluding carboxylic acids is 1. The molecule has 1 atom stereocenters. The van der Waals surface area contributed by atoms with Crippen LogP contribution in [-0.4, -0.2) is 23.1 Å². The lowest BCUT2D eigenvalue weighted by Crippen LogP contribution is -2.18. The zero-order chi connectivity index (χ0) is 20.9. The maximum Gasteiger partial charge on any atom is 0.306 e. The number of ether oxygens (including phenoxy) is 1. The van der Waals surface area contributed by atoms with Gasteiger partial charge in [0.05, 0.1) is 0 Å². The van der Waals surface area contributed by atoms with Gasteiger partial charge in [0, 0.05) is 12.8 Å². The first-order chi connectivity index (χ1) is 13.6. The highest BCUT2D eigenvalue weighted by Gasteiger charge is 2.14. The van der Waals surface area contributed by atoms with Gasteiger partial charge in [-0.2, -0.15) is 0 Å². The summed E-state index contributed by atoms with van der Waals surface area (Å²) >= 11 is 0. The van der Waals surface area contributed by atoms with E-state index >= 15 is 0 Å². The third-order valence-corrected chi connectivity index (χ3v) is 5.33. The molecule has 0 aromatic heterocycles. The summed E-state index contributed by atoms with van der Waals surface area (Å²) < 4.78 is 5.74. The number of hydrogen-bond donors (Lipinski definition) is 1. The van der Waals surface area contributed by atoms with Crippen molar-refractivity contribution in [1.29, 1.82) is 0 Å². The molecule has 0 saturated carbocycles. The van der Waals surface area contributed by atoms with Crippen molar-refractivity contribution in [3.05, 3.63) is 0 Å². The summed E-state index contributed by atoms with van der Waals surface area (Å²) in [6.07, 6.45) is 19.8. The lowest BCUT2D eigenvalue weighted by atomic mass is 10.0. The molecule has 0 aromatic rings. The van der Waals surface area contributed by atoms with Crippen LogP contribution in [0.4, 0.5) is 0 Å². The Labute approximate surface area is 173 Å². The highest BCUT2D eigenvalue weighted by atomic mass is 16.5. The van der Waals surface area contributed by atoms with Gasteiger partial charge in [-0.1, -0.05) is 84.5 Å². The molecule has 0 aromatic carbocycles. The molecule has 0 radical (unpaired) electrons. The molecular weight excluding hydrogens is 352 g/mol. The molecule has 0 aliphatic heterocycles. The molecule has 0 aliphatic carbocycles. The summed E-state index contributed by atoms with van der Waals surface area (Å²) in [5, 5.41) is 8.70.